The Morgan fingerprint density at radius 3 is 2.33 bits per heavy atom. The number of carbonyl (C=O) groups excluding carboxylic acids is 5. The van der Waals surface area contributed by atoms with Gasteiger partial charge in [-0.3, -0.25) is 39.2 Å². The van der Waals surface area contributed by atoms with E-state index in [4.69, 9.17) is 4.74 Å². The van der Waals surface area contributed by atoms with E-state index in [0.717, 1.165) is 42.5 Å². The highest BCUT2D eigenvalue weighted by atomic mass is 16.5. The second-order valence-corrected chi connectivity index (χ2v) is 12.5. The van der Waals surface area contributed by atoms with Crippen LogP contribution in [0.4, 0.5) is 28.4 Å². The molecule has 0 bridgehead atoms. The molecule has 1 atom stereocenters. The van der Waals surface area contributed by atoms with E-state index in [9.17, 15) is 24.0 Å². The van der Waals surface area contributed by atoms with E-state index < -0.39 is 29.7 Å². The minimum atomic E-state index is -1.02. The van der Waals surface area contributed by atoms with E-state index in [1.54, 1.807) is 36.4 Å². The maximum Gasteiger partial charge on any atom is 0.264 e. The third kappa shape index (κ3) is 8.41. The van der Waals surface area contributed by atoms with Gasteiger partial charge in [-0.2, -0.15) is 0 Å². The minimum absolute atomic E-state index is 0.0618. The van der Waals surface area contributed by atoms with Crippen LogP contribution in [-0.4, -0.2) is 105 Å². The molecule has 3 aliphatic heterocycles. The molecule has 0 spiro atoms. The molecule has 6 rings (SSSR count). The second-order valence-electron chi connectivity index (χ2n) is 12.5. The van der Waals surface area contributed by atoms with E-state index in [-0.39, 0.29) is 29.9 Å². The zero-order valence-corrected chi connectivity index (χ0v) is 28.3. The molecule has 3 aromatic carbocycles. The Morgan fingerprint density at radius 2 is 1.59 bits per heavy atom. The SMILES string of the molecule is C=Nc1cc(NC(=O)c2ccc(NCCOCCNc3cccc4c3C(=O)N(C3CCC(=O)NC3=O)C4=O)cc2)ccc1NCCN1CCCC1. The Morgan fingerprint density at radius 1 is 0.863 bits per heavy atom. The highest BCUT2D eigenvalue weighted by Gasteiger charge is 2.45. The van der Waals surface area contributed by atoms with Crippen LogP contribution in [0, 0.1) is 0 Å². The van der Waals surface area contributed by atoms with Crippen molar-refractivity contribution in [1.29, 1.82) is 0 Å². The molecule has 0 aliphatic carbocycles. The maximum absolute atomic E-state index is 13.2. The lowest BCUT2D eigenvalue weighted by Gasteiger charge is -2.27. The molecule has 5 amide bonds. The summed E-state index contributed by atoms with van der Waals surface area (Å²) in [4.78, 5) is 70.6. The number of benzene rings is 3. The number of hydrogen-bond donors (Lipinski definition) is 5. The fourth-order valence-corrected chi connectivity index (χ4v) is 6.48. The minimum Gasteiger partial charge on any atom is -0.383 e. The summed E-state index contributed by atoms with van der Waals surface area (Å²) in [6.07, 6.45) is 2.68. The number of carbonyl (C=O) groups is 5. The van der Waals surface area contributed by atoms with Crippen molar-refractivity contribution in [2.45, 2.75) is 31.7 Å². The average molecular weight is 695 g/mol. The molecular weight excluding hydrogens is 652 g/mol. The van der Waals surface area contributed by atoms with Gasteiger partial charge in [0.05, 0.1) is 35.7 Å². The monoisotopic (exact) mass is 694 g/mol. The number of anilines is 4. The summed E-state index contributed by atoms with van der Waals surface area (Å²) in [6.45, 7) is 9.42. The Labute approximate surface area is 296 Å². The molecule has 14 nitrogen and oxygen atoms in total. The largest absolute Gasteiger partial charge is 0.383 e. The topological polar surface area (TPSA) is 174 Å². The standard InChI is InChI=1S/C37H42N8O6/c1-38-30-23-26(11-12-28(30)40-15-20-44-18-2-3-19-44)42-34(47)24-7-9-25(10-8-24)39-16-21-51-22-17-41-29-6-4-5-27-33(29)37(50)45(36(27)49)31-13-14-32(46)43-35(31)48/h4-12,23,31,39-41H,1-3,13-22H2,(H,42,47)(H,43,46,48). The third-order valence-electron chi connectivity index (χ3n) is 9.12. The van der Waals surface area contributed by atoms with Gasteiger partial charge in [0.25, 0.3) is 17.7 Å². The van der Waals surface area contributed by atoms with Gasteiger partial charge in [-0.25, -0.2) is 0 Å². The first-order chi connectivity index (χ1) is 24.8. The van der Waals surface area contributed by atoms with Crippen LogP contribution in [0.1, 0.15) is 56.8 Å². The number of ether oxygens (including phenoxy) is 1. The second kappa shape index (κ2) is 16.4. The summed E-state index contributed by atoms with van der Waals surface area (Å²) < 4.78 is 5.73. The van der Waals surface area contributed by atoms with Crippen molar-refractivity contribution in [3.05, 3.63) is 77.4 Å². The van der Waals surface area contributed by atoms with Gasteiger partial charge in [0.15, 0.2) is 0 Å². The van der Waals surface area contributed by atoms with Crippen molar-refractivity contribution in [3.8, 4) is 0 Å². The molecule has 51 heavy (non-hydrogen) atoms. The van der Waals surface area contributed by atoms with Crippen molar-refractivity contribution in [3.63, 3.8) is 0 Å². The van der Waals surface area contributed by atoms with Gasteiger partial charge in [-0.15, -0.1) is 0 Å². The first-order valence-corrected chi connectivity index (χ1v) is 17.2. The van der Waals surface area contributed by atoms with Gasteiger partial charge >= 0.3 is 0 Å². The van der Waals surface area contributed by atoms with Crippen molar-refractivity contribution in [2.24, 2.45) is 4.99 Å². The summed E-state index contributed by atoms with van der Waals surface area (Å²) in [5.74, 6) is -2.41. The lowest BCUT2D eigenvalue weighted by molar-refractivity contribution is -0.136. The smallest absolute Gasteiger partial charge is 0.264 e. The average Bonchev–Trinajstić information content (AvgIpc) is 3.74. The van der Waals surface area contributed by atoms with Gasteiger partial charge in [0.1, 0.15) is 6.04 Å². The van der Waals surface area contributed by atoms with Crippen LogP contribution in [0.5, 0.6) is 0 Å². The number of amides is 5. The molecule has 3 heterocycles. The number of fused-ring (bicyclic) bond motifs is 1. The number of imide groups is 2. The van der Waals surface area contributed by atoms with Crippen LogP contribution in [0.3, 0.4) is 0 Å². The van der Waals surface area contributed by atoms with E-state index >= 15 is 0 Å². The number of hydrogen-bond acceptors (Lipinski definition) is 11. The molecule has 2 fully saturated rings. The van der Waals surface area contributed by atoms with E-state index in [1.165, 1.54) is 12.8 Å². The molecule has 0 radical (unpaired) electrons. The first-order valence-electron chi connectivity index (χ1n) is 17.2. The van der Waals surface area contributed by atoms with Crippen LogP contribution in [-0.2, 0) is 14.3 Å². The highest BCUT2D eigenvalue weighted by molar-refractivity contribution is 6.25. The van der Waals surface area contributed by atoms with Crippen molar-refractivity contribution in [1.82, 2.24) is 15.1 Å². The van der Waals surface area contributed by atoms with Crippen LogP contribution < -0.4 is 26.6 Å². The van der Waals surface area contributed by atoms with Crippen LogP contribution >= 0.6 is 0 Å². The van der Waals surface area contributed by atoms with E-state index in [2.05, 4.69) is 43.2 Å². The highest BCUT2D eigenvalue weighted by Crippen LogP contribution is 2.32. The van der Waals surface area contributed by atoms with Gasteiger partial charge < -0.3 is 30.9 Å². The summed E-state index contributed by atoms with van der Waals surface area (Å²) in [5.41, 5.74) is 4.43. The number of likely N-dealkylation sites (tertiary alicyclic amines) is 1. The first kappa shape index (κ1) is 35.2. The Bertz CT molecular complexity index is 1810. The Kier molecular flexibility index (Phi) is 11.3. The van der Waals surface area contributed by atoms with Crippen molar-refractivity contribution < 1.29 is 28.7 Å². The van der Waals surface area contributed by atoms with Crippen molar-refractivity contribution >= 4 is 64.7 Å². The normalized spacial score (nSPS) is 17.3. The van der Waals surface area contributed by atoms with Gasteiger partial charge in [-0.05, 0) is 93.7 Å². The number of nitrogens with one attached hydrogen (secondary N) is 5. The molecule has 5 N–H and O–H groups in total. The van der Waals surface area contributed by atoms with Gasteiger partial charge in [0.2, 0.25) is 11.8 Å². The molecular formula is C37H42N8O6. The predicted octanol–water partition coefficient (Wildman–Crippen LogP) is 3.72. The van der Waals surface area contributed by atoms with Crippen LogP contribution in [0.15, 0.2) is 65.7 Å². The molecule has 266 valence electrons. The number of aliphatic imine (C=N–C) groups is 1. The molecule has 2 saturated heterocycles. The summed E-state index contributed by atoms with van der Waals surface area (Å²) in [5, 5.41) is 15.0. The number of nitrogens with zero attached hydrogens (tertiary/aromatic N) is 3. The Hall–Kier alpha value is -5.60. The predicted molar refractivity (Wildman–Crippen MR) is 195 cm³/mol. The van der Waals surface area contributed by atoms with E-state index in [0.29, 0.717) is 48.9 Å². The van der Waals surface area contributed by atoms with Gasteiger partial charge in [0, 0.05) is 55.2 Å². The maximum atomic E-state index is 13.2. The quantitative estimate of drug-likeness (QED) is 0.0845. The number of piperidine rings is 1. The summed E-state index contributed by atoms with van der Waals surface area (Å²) in [7, 11) is 0. The third-order valence-corrected chi connectivity index (χ3v) is 9.12. The molecule has 3 aliphatic rings. The summed E-state index contributed by atoms with van der Waals surface area (Å²) >= 11 is 0. The molecule has 1 unspecified atom stereocenters. The fourth-order valence-electron chi connectivity index (χ4n) is 6.48. The summed E-state index contributed by atoms with van der Waals surface area (Å²) in [6, 6.07) is 16.6. The van der Waals surface area contributed by atoms with Crippen LogP contribution in [0.2, 0.25) is 0 Å². The fraction of sp³-hybridized carbons (Fsp3) is 0.351. The van der Waals surface area contributed by atoms with Crippen LogP contribution in [0.25, 0.3) is 0 Å². The zero-order chi connectivity index (χ0) is 35.7. The zero-order valence-electron chi connectivity index (χ0n) is 28.3. The lowest BCUT2D eigenvalue weighted by Crippen LogP contribution is -2.54. The van der Waals surface area contributed by atoms with Crippen molar-refractivity contribution in [2.75, 3.05) is 73.7 Å². The van der Waals surface area contributed by atoms with E-state index in [1.807, 2.05) is 24.3 Å². The number of rotatable bonds is 16. The molecule has 14 heteroatoms. The lowest BCUT2D eigenvalue weighted by atomic mass is 10.0. The Balaban J connectivity index is 0.905. The molecule has 3 aromatic rings. The molecule has 0 saturated carbocycles. The van der Waals surface area contributed by atoms with Gasteiger partial charge in [-0.1, -0.05) is 6.07 Å². The molecule has 0 aromatic heterocycles.